The number of nitrogens with zero attached hydrogens (tertiary/aromatic N) is 2. The molecule has 0 radical (unpaired) electrons. The fourth-order valence-corrected chi connectivity index (χ4v) is 3.38. The Morgan fingerprint density at radius 1 is 1.29 bits per heavy atom. The van der Waals surface area contributed by atoms with Crippen LogP contribution in [0.25, 0.3) is 0 Å². The first-order chi connectivity index (χ1) is 10.2. The Morgan fingerprint density at radius 3 is 2.62 bits per heavy atom. The van der Waals surface area contributed by atoms with Crippen LogP contribution in [-0.4, -0.2) is 17.0 Å². The Kier molecular flexibility index (Phi) is 3.68. The van der Waals surface area contributed by atoms with Crippen LogP contribution in [0.15, 0.2) is 29.4 Å². The van der Waals surface area contributed by atoms with Crippen molar-refractivity contribution in [3.63, 3.8) is 0 Å². The molecule has 0 bridgehead atoms. The molecular weight excluding hydrogens is 270 g/mol. The van der Waals surface area contributed by atoms with Crippen LogP contribution in [0.5, 0.6) is 0 Å². The summed E-state index contributed by atoms with van der Waals surface area (Å²) in [6, 6.07) is 6.32. The molecule has 0 saturated heterocycles. The maximum atomic E-state index is 12.0. The molecule has 1 aromatic rings. The van der Waals surface area contributed by atoms with Gasteiger partial charge in [0.25, 0.3) is 5.69 Å². The van der Waals surface area contributed by atoms with Gasteiger partial charge in [-0.25, -0.2) is 5.43 Å². The molecule has 2 aliphatic carbocycles. The zero-order valence-electron chi connectivity index (χ0n) is 11.6. The van der Waals surface area contributed by atoms with Gasteiger partial charge in [-0.2, -0.15) is 5.10 Å². The van der Waals surface area contributed by atoms with Crippen LogP contribution >= 0.6 is 0 Å². The summed E-state index contributed by atoms with van der Waals surface area (Å²) in [5.41, 5.74) is 2.89. The van der Waals surface area contributed by atoms with Crippen LogP contribution in [0.3, 0.4) is 0 Å². The van der Waals surface area contributed by atoms with Crippen molar-refractivity contribution in [1.29, 1.82) is 0 Å². The number of hydrogen-bond donors (Lipinski definition) is 1. The number of amides is 1. The van der Waals surface area contributed by atoms with E-state index in [0.29, 0.717) is 17.4 Å². The van der Waals surface area contributed by atoms with Gasteiger partial charge in [-0.1, -0.05) is 25.0 Å². The van der Waals surface area contributed by atoms with Gasteiger partial charge >= 0.3 is 0 Å². The molecule has 2 atom stereocenters. The molecule has 1 amide bonds. The van der Waals surface area contributed by atoms with E-state index in [0.717, 1.165) is 12.8 Å². The molecule has 0 spiro atoms. The molecule has 6 heteroatoms. The fraction of sp³-hybridized carbons (Fsp3) is 0.467. The predicted octanol–water partition coefficient (Wildman–Crippen LogP) is 2.48. The second kappa shape index (κ2) is 5.63. The summed E-state index contributed by atoms with van der Waals surface area (Å²) >= 11 is 0. The molecule has 0 heterocycles. The van der Waals surface area contributed by atoms with E-state index < -0.39 is 4.92 Å². The number of para-hydroxylation sites is 1. The number of nitro groups is 1. The summed E-state index contributed by atoms with van der Waals surface area (Å²) < 4.78 is 0. The molecule has 0 aliphatic heterocycles. The molecule has 2 saturated carbocycles. The van der Waals surface area contributed by atoms with E-state index in [1.165, 1.54) is 25.1 Å². The molecule has 2 fully saturated rings. The van der Waals surface area contributed by atoms with Gasteiger partial charge in [0, 0.05) is 12.0 Å². The van der Waals surface area contributed by atoms with Crippen LogP contribution < -0.4 is 5.43 Å². The molecular formula is C15H17N3O3. The molecule has 3 rings (SSSR count). The van der Waals surface area contributed by atoms with Crippen molar-refractivity contribution >= 4 is 17.8 Å². The quantitative estimate of drug-likeness (QED) is 0.524. The number of carbonyl (C=O) groups is 1. The Hall–Kier alpha value is -2.24. The number of benzene rings is 1. The minimum Gasteiger partial charge on any atom is -0.273 e. The van der Waals surface area contributed by atoms with Gasteiger partial charge in [-0.15, -0.1) is 0 Å². The van der Waals surface area contributed by atoms with Gasteiger partial charge in [0.15, 0.2) is 0 Å². The molecule has 21 heavy (non-hydrogen) atoms. The number of hydrazone groups is 1. The van der Waals surface area contributed by atoms with Gasteiger partial charge in [0.2, 0.25) is 5.91 Å². The number of nitrogens with one attached hydrogen (secondary N) is 1. The first-order valence-corrected chi connectivity index (χ1v) is 7.25. The lowest BCUT2D eigenvalue weighted by atomic mass is 10.0. The van der Waals surface area contributed by atoms with Crippen molar-refractivity contribution < 1.29 is 9.72 Å². The average Bonchev–Trinajstić information content (AvgIpc) is 3.22. The Morgan fingerprint density at radius 2 is 1.95 bits per heavy atom. The maximum absolute atomic E-state index is 12.0. The van der Waals surface area contributed by atoms with Crippen molar-refractivity contribution in [2.75, 3.05) is 0 Å². The number of fused-ring (bicyclic) bond motifs is 1. The van der Waals surface area contributed by atoms with Crippen LogP contribution in [0.4, 0.5) is 5.69 Å². The van der Waals surface area contributed by atoms with Crippen molar-refractivity contribution in [3.8, 4) is 0 Å². The summed E-state index contributed by atoms with van der Waals surface area (Å²) in [6.07, 6.45) is 6.03. The highest BCUT2D eigenvalue weighted by molar-refractivity contribution is 5.87. The highest BCUT2D eigenvalue weighted by Gasteiger charge is 2.54. The Balaban J connectivity index is 1.60. The first kappa shape index (κ1) is 13.7. The van der Waals surface area contributed by atoms with Gasteiger partial charge in [0.05, 0.1) is 16.7 Å². The van der Waals surface area contributed by atoms with Crippen LogP contribution in [-0.2, 0) is 4.79 Å². The van der Waals surface area contributed by atoms with E-state index in [1.807, 2.05) is 0 Å². The monoisotopic (exact) mass is 287 g/mol. The lowest BCUT2D eigenvalue weighted by Crippen LogP contribution is -2.20. The zero-order chi connectivity index (χ0) is 14.8. The van der Waals surface area contributed by atoms with E-state index >= 15 is 0 Å². The molecule has 6 nitrogen and oxygen atoms in total. The van der Waals surface area contributed by atoms with Gasteiger partial charge in [-0.3, -0.25) is 14.9 Å². The smallest absolute Gasteiger partial charge is 0.273 e. The lowest BCUT2D eigenvalue weighted by Gasteiger charge is -2.04. The SMILES string of the molecule is O=C(NN=Cc1ccccc1[N+](=O)[O-])C1C2CCCCC21. The maximum Gasteiger partial charge on any atom is 0.278 e. The van der Waals surface area contributed by atoms with Crippen molar-refractivity contribution in [2.24, 2.45) is 22.9 Å². The highest BCUT2D eigenvalue weighted by Crippen LogP contribution is 2.55. The largest absolute Gasteiger partial charge is 0.278 e. The number of carbonyl (C=O) groups excluding carboxylic acids is 1. The Labute approximate surface area is 122 Å². The molecule has 1 N–H and O–H groups in total. The van der Waals surface area contributed by atoms with E-state index in [9.17, 15) is 14.9 Å². The number of rotatable bonds is 4. The van der Waals surface area contributed by atoms with Gasteiger partial charge < -0.3 is 0 Å². The van der Waals surface area contributed by atoms with E-state index in [2.05, 4.69) is 10.5 Å². The fourth-order valence-electron chi connectivity index (χ4n) is 3.38. The lowest BCUT2D eigenvalue weighted by molar-refractivity contribution is -0.385. The molecule has 2 unspecified atom stereocenters. The molecule has 1 aromatic carbocycles. The summed E-state index contributed by atoms with van der Waals surface area (Å²) in [5, 5.41) is 14.7. The van der Waals surface area contributed by atoms with Gasteiger partial charge in [0.1, 0.15) is 0 Å². The summed E-state index contributed by atoms with van der Waals surface area (Å²) in [4.78, 5) is 22.4. The topological polar surface area (TPSA) is 84.6 Å². The van der Waals surface area contributed by atoms with E-state index in [1.54, 1.807) is 18.2 Å². The summed E-state index contributed by atoms with van der Waals surface area (Å²) in [5.74, 6) is 1.09. The number of nitro benzene ring substituents is 1. The van der Waals surface area contributed by atoms with Crippen LogP contribution in [0, 0.1) is 27.9 Å². The van der Waals surface area contributed by atoms with Crippen LogP contribution in [0.2, 0.25) is 0 Å². The first-order valence-electron chi connectivity index (χ1n) is 7.25. The molecule has 0 aromatic heterocycles. The highest BCUT2D eigenvalue weighted by atomic mass is 16.6. The van der Waals surface area contributed by atoms with Crippen molar-refractivity contribution in [1.82, 2.24) is 5.43 Å². The van der Waals surface area contributed by atoms with E-state index in [4.69, 9.17) is 0 Å². The zero-order valence-corrected chi connectivity index (χ0v) is 11.6. The van der Waals surface area contributed by atoms with E-state index in [-0.39, 0.29) is 17.5 Å². The van der Waals surface area contributed by atoms with Gasteiger partial charge in [-0.05, 0) is 30.7 Å². The van der Waals surface area contributed by atoms with Crippen LogP contribution in [0.1, 0.15) is 31.2 Å². The minimum atomic E-state index is -0.460. The third kappa shape index (κ3) is 2.79. The predicted molar refractivity (Wildman–Crippen MR) is 77.8 cm³/mol. The second-order valence-electron chi connectivity index (χ2n) is 5.69. The summed E-state index contributed by atoms with van der Waals surface area (Å²) in [7, 11) is 0. The Bertz CT molecular complexity index is 588. The van der Waals surface area contributed by atoms with Crippen molar-refractivity contribution in [2.45, 2.75) is 25.7 Å². The normalized spacial score (nSPS) is 27.1. The minimum absolute atomic E-state index is 0.0180. The third-order valence-electron chi connectivity index (χ3n) is 4.47. The van der Waals surface area contributed by atoms with Crippen molar-refractivity contribution in [3.05, 3.63) is 39.9 Å². The second-order valence-corrected chi connectivity index (χ2v) is 5.69. The summed E-state index contributed by atoms with van der Waals surface area (Å²) in [6.45, 7) is 0. The molecule has 2 aliphatic rings. The standard InChI is InChI=1S/C15H17N3O3/c19-15(14-11-6-2-3-7-12(11)14)17-16-9-10-5-1-4-8-13(10)18(20)21/h1,4-5,8-9,11-12,14H,2-3,6-7H2,(H,17,19). The molecule has 110 valence electrons. The third-order valence-corrected chi connectivity index (χ3v) is 4.47. The average molecular weight is 287 g/mol. The number of hydrogen-bond acceptors (Lipinski definition) is 4.